The maximum Gasteiger partial charge on any atom is 0.160 e. The lowest BCUT2D eigenvalue weighted by molar-refractivity contribution is 0.799. The number of fused-ring (bicyclic) bond motifs is 12. The fourth-order valence-electron chi connectivity index (χ4n) is 10.6. The zero-order valence-corrected chi connectivity index (χ0v) is 35.4. The molecule has 3 nitrogen and oxygen atoms in total. The van der Waals surface area contributed by atoms with Gasteiger partial charge in [0.25, 0.3) is 0 Å². The fraction of sp³-hybridized carbons (Fsp3) is 0.0161. The van der Waals surface area contributed by atoms with Gasteiger partial charge in [0, 0.05) is 38.8 Å². The molecular weight excluding hydrogens is 787 g/mol. The number of pyridine rings is 1. The highest BCUT2D eigenvalue weighted by molar-refractivity contribution is 6.06. The Kier molecular flexibility index (Phi) is 8.44. The summed E-state index contributed by atoms with van der Waals surface area (Å²) < 4.78 is 0. The summed E-state index contributed by atoms with van der Waals surface area (Å²) in [5, 5.41) is 2.35. The minimum atomic E-state index is -0.474. The van der Waals surface area contributed by atoms with Crippen molar-refractivity contribution in [2.45, 2.75) is 5.41 Å². The number of rotatable bonds is 6. The van der Waals surface area contributed by atoms with Crippen LogP contribution in [0.2, 0.25) is 0 Å². The van der Waals surface area contributed by atoms with Crippen LogP contribution in [0.1, 0.15) is 22.3 Å². The molecule has 2 aliphatic rings. The summed E-state index contributed by atoms with van der Waals surface area (Å²) in [6.45, 7) is 0. The highest BCUT2D eigenvalue weighted by atomic mass is 14.9. The van der Waals surface area contributed by atoms with Crippen molar-refractivity contribution in [2.75, 3.05) is 0 Å². The third kappa shape index (κ3) is 5.79. The molecule has 0 saturated carbocycles. The van der Waals surface area contributed by atoms with Gasteiger partial charge in [0.15, 0.2) is 5.82 Å². The van der Waals surface area contributed by atoms with Crippen molar-refractivity contribution in [3.8, 4) is 89.8 Å². The summed E-state index contributed by atoms with van der Waals surface area (Å²) in [6, 6.07) is 84.7. The minimum Gasteiger partial charge on any atom is -0.247 e. The molecule has 0 aliphatic heterocycles. The van der Waals surface area contributed by atoms with Crippen LogP contribution in [-0.2, 0) is 5.41 Å². The molecule has 2 aromatic heterocycles. The summed E-state index contributed by atoms with van der Waals surface area (Å²) in [7, 11) is 0. The van der Waals surface area contributed by atoms with E-state index in [9.17, 15) is 0 Å². The predicted molar refractivity (Wildman–Crippen MR) is 266 cm³/mol. The number of nitrogens with zero attached hydrogens (tertiary/aromatic N) is 3. The molecule has 1 spiro atoms. The van der Waals surface area contributed by atoms with Crippen LogP contribution < -0.4 is 0 Å². The Morgan fingerprint density at radius 1 is 0.262 bits per heavy atom. The van der Waals surface area contributed by atoms with Gasteiger partial charge >= 0.3 is 0 Å². The van der Waals surface area contributed by atoms with Crippen molar-refractivity contribution in [3.05, 3.63) is 259 Å². The smallest absolute Gasteiger partial charge is 0.160 e. The maximum absolute atomic E-state index is 5.69. The van der Waals surface area contributed by atoms with Gasteiger partial charge in [-0.15, -0.1) is 0 Å². The first kappa shape index (κ1) is 37.1. The van der Waals surface area contributed by atoms with Crippen molar-refractivity contribution in [2.24, 2.45) is 0 Å². The molecule has 3 heteroatoms. The lowest BCUT2D eigenvalue weighted by Crippen LogP contribution is -2.26. The largest absolute Gasteiger partial charge is 0.247 e. The molecular formula is C62H39N3. The quantitative estimate of drug-likeness (QED) is 0.168. The molecule has 0 radical (unpaired) electrons. The molecule has 13 rings (SSSR count). The second kappa shape index (κ2) is 14.8. The van der Waals surface area contributed by atoms with Gasteiger partial charge in [0.2, 0.25) is 0 Å². The average Bonchev–Trinajstić information content (AvgIpc) is 3.86. The predicted octanol–water partition coefficient (Wildman–Crippen LogP) is 15.4. The van der Waals surface area contributed by atoms with Crippen LogP contribution in [-0.4, -0.2) is 15.0 Å². The van der Waals surface area contributed by atoms with E-state index in [4.69, 9.17) is 15.0 Å². The molecule has 0 atom stereocenters. The lowest BCUT2D eigenvalue weighted by atomic mass is 9.69. The van der Waals surface area contributed by atoms with Gasteiger partial charge in [0.05, 0.1) is 28.2 Å². The van der Waals surface area contributed by atoms with Crippen LogP contribution in [0.3, 0.4) is 0 Å². The Bertz CT molecular complexity index is 3470. The van der Waals surface area contributed by atoms with E-state index in [0.717, 1.165) is 50.4 Å². The van der Waals surface area contributed by atoms with Gasteiger partial charge in [-0.2, -0.15) is 0 Å². The lowest BCUT2D eigenvalue weighted by Gasteiger charge is -2.31. The van der Waals surface area contributed by atoms with Crippen molar-refractivity contribution in [1.29, 1.82) is 0 Å². The highest BCUT2D eigenvalue weighted by Crippen LogP contribution is 2.64. The maximum atomic E-state index is 5.69. The van der Waals surface area contributed by atoms with E-state index in [2.05, 4.69) is 224 Å². The minimum absolute atomic E-state index is 0.474. The van der Waals surface area contributed by atoms with E-state index in [0.29, 0.717) is 5.82 Å². The number of benzene rings is 9. The van der Waals surface area contributed by atoms with Crippen LogP contribution in [0.15, 0.2) is 237 Å². The number of aromatic nitrogens is 3. The molecule has 0 amide bonds. The molecule has 0 saturated heterocycles. The summed E-state index contributed by atoms with van der Waals surface area (Å²) in [4.78, 5) is 16.2. The monoisotopic (exact) mass is 825 g/mol. The van der Waals surface area contributed by atoms with Crippen molar-refractivity contribution < 1.29 is 0 Å². The molecule has 0 unspecified atom stereocenters. The molecule has 0 bridgehead atoms. The van der Waals surface area contributed by atoms with Crippen LogP contribution in [0.5, 0.6) is 0 Å². The molecule has 2 aliphatic carbocycles. The van der Waals surface area contributed by atoms with E-state index in [-0.39, 0.29) is 0 Å². The van der Waals surface area contributed by atoms with Crippen LogP contribution >= 0.6 is 0 Å². The molecule has 302 valence electrons. The Hall–Kier alpha value is -8.53. The summed E-state index contributed by atoms with van der Waals surface area (Å²) in [5.41, 5.74) is 21.0. The van der Waals surface area contributed by atoms with Crippen LogP contribution in [0.25, 0.3) is 101 Å². The van der Waals surface area contributed by atoms with Gasteiger partial charge in [-0.05, 0) is 61.5 Å². The van der Waals surface area contributed by atoms with E-state index >= 15 is 0 Å². The molecule has 2 heterocycles. The second-order valence-corrected chi connectivity index (χ2v) is 17.0. The zero-order valence-electron chi connectivity index (χ0n) is 35.4. The summed E-state index contributed by atoms with van der Waals surface area (Å²) in [5.74, 6) is 0.671. The Labute approximate surface area is 378 Å². The number of hydrogen-bond acceptors (Lipinski definition) is 3. The molecule has 9 aromatic carbocycles. The van der Waals surface area contributed by atoms with Crippen molar-refractivity contribution in [1.82, 2.24) is 15.0 Å². The van der Waals surface area contributed by atoms with Gasteiger partial charge in [-0.25, -0.2) is 15.0 Å². The summed E-state index contributed by atoms with van der Waals surface area (Å²) >= 11 is 0. The summed E-state index contributed by atoms with van der Waals surface area (Å²) in [6.07, 6.45) is 0. The van der Waals surface area contributed by atoms with Gasteiger partial charge in [-0.3, -0.25) is 0 Å². The zero-order chi connectivity index (χ0) is 42.9. The van der Waals surface area contributed by atoms with E-state index in [1.54, 1.807) is 0 Å². The number of hydrogen-bond donors (Lipinski definition) is 0. The molecule has 0 N–H and O–H groups in total. The molecule has 0 fully saturated rings. The van der Waals surface area contributed by atoms with Gasteiger partial charge in [0.1, 0.15) is 0 Å². The van der Waals surface area contributed by atoms with Gasteiger partial charge in [-0.1, -0.05) is 231 Å². The fourth-order valence-corrected chi connectivity index (χ4v) is 10.6. The van der Waals surface area contributed by atoms with Crippen molar-refractivity contribution in [3.63, 3.8) is 0 Å². The first-order valence-corrected chi connectivity index (χ1v) is 22.3. The van der Waals surface area contributed by atoms with E-state index in [1.165, 1.54) is 66.6 Å². The molecule has 65 heavy (non-hydrogen) atoms. The normalized spacial score (nSPS) is 12.7. The van der Waals surface area contributed by atoms with Crippen LogP contribution in [0.4, 0.5) is 0 Å². The molecule has 11 aromatic rings. The Balaban J connectivity index is 0.940. The van der Waals surface area contributed by atoms with Crippen molar-refractivity contribution >= 4 is 10.8 Å². The Morgan fingerprint density at radius 3 is 1.18 bits per heavy atom. The second-order valence-electron chi connectivity index (χ2n) is 17.0. The SMILES string of the molecule is c1ccc(-c2ccc(-c3cc(-c4ccc(-c5ccccc5)cc4)nc(-c4ccc(-c5nc6c(c7ccccc57)C5(c7ccccc7-c7ccccc75)c5ccccc5-6)cc4)n3)cc2)cc1. The van der Waals surface area contributed by atoms with Crippen LogP contribution in [0, 0.1) is 0 Å². The Morgan fingerprint density at radius 2 is 0.646 bits per heavy atom. The van der Waals surface area contributed by atoms with E-state index < -0.39 is 5.41 Å². The van der Waals surface area contributed by atoms with Gasteiger partial charge < -0.3 is 0 Å². The third-order valence-electron chi connectivity index (χ3n) is 13.5. The average molecular weight is 826 g/mol. The first-order valence-electron chi connectivity index (χ1n) is 22.3. The standard InChI is InChI=1S/C62H39N3/c1-3-15-40(16-4-1)42-27-31-44(32-28-42)56-39-57(45-33-29-43(30-34-45)41-17-5-2-6-18-41)64-61(63-56)47-37-35-46(36-38-47)59-51-22-8-7-21-50(51)58-60(65-59)52-23-11-14-26-55(52)62(58)53-24-12-9-19-48(53)49-20-10-13-25-54(49)62/h1-39H. The third-order valence-corrected chi connectivity index (χ3v) is 13.5. The van der Waals surface area contributed by atoms with E-state index in [1.807, 2.05) is 12.1 Å². The first-order chi connectivity index (χ1) is 32.2. The highest BCUT2D eigenvalue weighted by Gasteiger charge is 2.53. The topological polar surface area (TPSA) is 38.7 Å².